The number of ether oxygens (including phenoxy) is 1. The molecule has 1 heterocycles. The van der Waals surface area contributed by atoms with E-state index in [2.05, 4.69) is 45.2 Å². The van der Waals surface area contributed by atoms with Crippen molar-refractivity contribution in [1.82, 2.24) is 4.98 Å². The summed E-state index contributed by atoms with van der Waals surface area (Å²) < 4.78 is 6.14. The molecule has 0 saturated heterocycles. The lowest BCUT2D eigenvalue weighted by Crippen LogP contribution is -2.15. The molecule has 0 aliphatic heterocycles. The number of halogens is 1. The standard InChI is InChI=1S/C20H22BrNO2/c1-24-20-11-8-16(13-22-20)19(23)12-18(14-4-2-3-5-14)15-6-9-17(21)10-7-15/h6-11,13-14,18H,2-5,12H2,1H3. The average Bonchev–Trinajstić information content (AvgIpc) is 3.15. The number of carbonyl (C=O) groups is 1. The Bertz CT molecular complexity index is 676. The second-order valence-corrected chi connectivity index (χ2v) is 7.33. The molecule has 1 unspecified atom stereocenters. The van der Waals surface area contributed by atoms with Crippen LogP contribution in [0.4, 0.5) is 0 Å². The van der Waals surface area contributed by atoms with Crippen LogP contribution in [0.1, 0.15) is 53.9 Å². The minimum absolute atomic E-state index is 0.157. The molecular weight excluding hydrogens is 366 g/mol. The van der Waals surface area contributed by atoms with Crippen LogP contribution in [0.3, 0.4) is 0 Å². The van der Waals surface area contributed by atoms with E-state index in [1.54, 1.807) is 19.4 Å². The van der Waals surface area contributed by atoms with E-state index in [1.807, 2.05) is 6.07 Å². The van der Waals surface area contributed by atoms with Crippen molar-refractivity contribution in [3.8, 4) is 5.88 Å². The van der Waals surface area contributed by atoms with Crippen LogP contribution >= 0.6 is 15.9 Å². The number of methoxy groups -OCH3 is 1. The summed E-state index contributed by atoms with van der Waals surface area (Å²) in [5.41, 5.74) is 1.93. The first kappa shape index (κ1) is 17.2. The van der Waals surface area contributed by atoms with Gasteiger partial charge >= 0.3 is 0 Å². The van der Waals surface area contributed by atoms with Gasteiger partial charge in [-0.3, -0.25) is 4.79 Å². The summed E-state index contributed by atoms with van der Waals surface area (Å²) in [5, 5.41) is 0. The molecule has 24 heavy (non-hydrogen) atoms. The van der Waals surface area contributed by atoms with Crippen LogP contribution in [0, 0.1) is 5.92 Å². The molecule has 0 radical (unpaired) electrons. The number of hydrogen-bond donors (Lipinski definition) is 0. The lowest BCUT2D eigenvalue weighted by molar-refractivity contribution is 0.0963. The zero-order valence-corrected chi connectivity index (χ0v) is 15.5. The number of rotatable bonds is 6. The fourth-order valence-corrected chi connectivity index (χ4v) is 3.87. The molecule has 1 aromatic carbocycles. The highest BCUT2D eigenvalue weighted by atomic mass is 79.9. The van der Waals surface area contributed by atoms with E-state index in [9.17, 15) is 4.79 Å². The predicted octanol–water partition coefficient (Wildman–Crippen LogP) is 5.40. The number of aromatic nitrogens is 1. The second-order valence-electron chi connectivity index (χ2n) is 6.42. The van der Waals surface area contributed by atoms with E-state index in [-0.39, 0.29) is 11.7 Å². The Labute approximate surface area is 151 Å². The quantitative estimate of drug-likeness (QED) is 0.622. The molecule has 0 bridgehead atoms. The molecule has 3 rings (SSSR count). The molecule has 0 N–H and O–H groups in total. The third kappa shape index (κ3) is 4.04. The Hall–Kier alpha value is -1.68. The van der Waals surface area contributed by atoms with Gasteiger partial charge in [-0.25, -0.2) is 4.98 Å². The molecule has 1 aromatic heterocycles. The fourth-order valence-electron chi connectivity index (χ4n) is 3.61. The third-order valence-corrected chi connectivity index (χ3v) is 5.47. The van der Waals surface area contributed by atoms with Crippen molar-refractivity contribution >= 4 is 21.7 Å². The van der Waals surface area contributed by atoms with Gasteiger partial charge in [0.1, 0.15) is 0 Å². The van der Waals surface area contributed by atoms with Gasteiger partial charge in [-0.05, 0) is 48.4 Å². The summed E-state index contributed by atoms with van der Waals surface area (Å²) >= 11 is 3.49. The monoisotopic (exact) mass is 387 g/mol. The first-order valence-corrected chi connectivity index (χ1v) is 9.25. The normalized spacial score (nSPS) is 16.1. The molecule has 1 fully saturated rings. The molecule has 1 saturated carbocycles. The molecule has 126 valence electrons. The Morgan fingerprint density at radius 2 is 1.92 bits per heavy atom. The number of ketones is 1. The summed E-state index contributed by atoms with van der Waals surface area (Å²) in [4.78, 5) is 16.9. The molecule has 0 amide bonds. The number of carbonyl (C=O) groups excluding carboxylic acids is 1. The van der Waals surface area contributed by atoms with E-state index in [0.717, 1.165) is 4.47 Å². The molecule has 2 aromatic rings. The van der Waals surface area contributed by atoms with Gasteiger partial charge < -0.3 is 4.74 Å². The number of hydrogen-bond acceptors (Lipinski definition) is 3. The van der Waals surface area contributed by atoms with Gasteiger partial charge in [-0.2, -0.15) is 0 Å². The van der Waals surface area contributed by atoms with Gasteiger partial charge in [0.15, 0.2) is 5.78 Å². The topological polar surface area (TPSA) is 39.2 Å². The Balaban J connectivity index is 1.79. The van der Waals surface area contributed by atoms with Gasteiger partial charge in [0.05, 0.1) is 7.11 Å². The SMILES string of the molecule is COc1ccc(C(=O)CC(c2ccc(Br)cc2)C2CCCC2)cn1. The molecule has 1 atom stereocenters. The maximum Gasteiger partial charge on any atom is 0.212 e. The number of nitrogens with zero attached hydrogens (tertiary/aromatic N) is 1. The highest BCUT2D eigenvalue weighted by Gasteiger charge is 2.28. The van der Waals surface area contributed by atoms with Crippen LogP contribution in [0.25, 0.3) is 0 Å². The maximum absolute atomic E-state index is 12.8. The van der Waals surface area contributed by atoms with Crippen molar-refractivity contribution in [3.05, 3.63) is 58.2 Å². The van der Waals surface area contributed by atoms with Gasteiger partial charge in [0, 0.05) is 28.7 Å². The zero-order chi connectivity index (χ0) is 16.9. The average molecular weight is 388 g/mol. The molecule has 1 aliphatic carbocycles. The molecule has 0 spiro atoms. The molecule has 3 nitrogen and oxygen atoms in total. The van der Waals surface area contributed by atoms with Crippen molar-refractivity contribution < 1.29 is 9.53 Å². The van der Waals surface area contributed by atoms with Crippen LogP contribution in [0.15, 0.2) is 47.1 Å². The van der Waals surface area contributed by atoms with E-state index in [4.69, 9.17) is 4.74 Å². The van der Waals surface area contributed by atoms with Gasteiger partial charge in [0.2, 0.25) is 5.88 Å². The summed E-state index contributed by atoms with van der Waals surface area (Å²) in [6, 6.07) is 12.0. The lowest BCUT2D eigenvalue weighted by atomic mass is 9.80. The zero-order valence-electron chi connectivity index (χ0n) is 13.9. The van der Waals surface area contributed by atoms with Crippen LogP contribution in [0.5, 0.6) is 5.88 Å². The van der Waals surface area contributed by atoms with Crippen LogP contribution in [0.2, 0.25) is 0 Å². The van der Waals surface area contributed by atoms with Crippen LogP contribution in [-0.2, 0) is 0 Å². The summed E-state index contributed by atoms with van der Waals surface area (Å²) in [5.74, 6) is 1.58. The number of benzene rings is 1. The smallest absolute Gasteiger partial charge is 0.212 e. The van der Waals surface area contributed by atoms with Gasteiger partial charge in [-0.15, -0.1) is 0 Å². The summed E-state index contributed by atoms with van der Waals surface area (Å²) in [6.45, 7) is 0. The maximum atomic E-state index is 12.8. The van der Waals surface area contributed by atoms with Crippen molar-refractivity contribution in [2.45, 2.75) is 38.0 Å². The van der Waals surface area contributed by atoms with E-state index in [1.165, 1.54) is 31.2 Å². The van der Waals surface area contributed by atoms with Gasteiger partial charge in [0.25, 0.3) is 0 Å². The van der Waals surface area contributed by atoms with Crippen LogP contribution < -0.4 is 4.74 Å². The van der Waals surface area contributed by atoms with Crippen molar-refractivity contribution in [2.24, 2.45) is 5.92 Å². The minimum atomic E-state index is 0.157. The predicted molar refractivity (Wildman–Crippen MR) is 98.6 cm³/mol. The third-order valence-electron chi connectivity index (χ3n) is 4.94. The summed E-state index contributed by atoms with van der Waals surface area (Å²) in [7, 11) is 1.58. The highest BCUT2D eigenvalue weighted by molar-refractivity contribution is 9.10. The minimum Gasteiger partial charge on any atom is -0.481 e. The van der Waals surface area contributed by atoms with Crippen molar-refractivity contribution in [1.29, 1.82) is 0 Å². The van der Waals surface area contributed by atoms with Crippen molar-refractivity contribution in [2.75, 3.05) is 7.11 Å². The first-order chi connectivity index (χ1) is 11.7. The highest BCUT2D eigenvalue weighted by Crippen LogP contribution is 2.40. The van der Waals surface area contributed by atoms with Gasteiger partial charge in [-0.1, -0.05) is 40.9 Å². The molecule has 4 heteroatoms. The Kier molecular flexibility index (Phi) is 5.67. The largest absolute Gasteiger partial charge is 0.481 e. The van der Waals surface area contributed by atoms with E-state index >= 15 is 0 Å². The number of Topliss-reactive ketones (excluding diaryl/α,β-unsaturated/α-hetero) is 1. The van der Waals surface area contributed by atoms with Crippen molar-refractivity contribution in [3.63, 3.8) is 0 Å². The molecule has 1 aliphatic rings. The van der Waals surface area contributed by atoms with E-state index in [0.29, 0.717) is 23.8 Å². The Morgan fingerprint density at radius 1 is 1.21 bits per heavy atom. The summed E-state index contributed by atoms with van der Waals surface area (Å²) in [6.07, 6.45) is 7.14. The molecular formula is C20H22BrNO2. The lowest BCUT2D eigenvalue weighted by Gasteiger charge is -2.23. The second kappa shape index (κ2) is 7.93. The van der Waals surface area contributed by atoms with E-state index < -0.39 is 0 Å². The first-order valence-electron chi connectivity index (χ1n) is 8.46. The number of pyridine rings is 1. The van der Waals surface area contributed by atoms with Crippen LogP contribution in [-0.4, -0.2) is 17.9 Å². The fraction of sp³-hybridized carbons (Fsp3) is 0.400. The Morgan fingerprint density at radius 3 is 2.50 bits per heavy atom.